The molecule has 0 unspecified atom stereocenters. The SMILES string of the molecule is O=C(CN(C(=O)OCc1ccccc1)c1ccc(O)cc1)OC(=O)OCc1ccccc1. The van der Waals surface area contributed by atoms with Gasteiger partial charge in [0.25, 0.3) is 0 Å². The number of nitrogens with zero attached hydrogens (tertiary/aromatic N) is 1. The van der Waals surface area contributed by atoms with E-state index in [9.17, 15) is 19.5 Å². The zero-order chi connectivity index (χ0) is 22.8. The number of phenols is 1. The summed E-state index contributed by atoms with van der Waals surface area (Å²) in [5.74, 6) is -1.02. The second kappa shape index (κ2) is 11.2. The van der Waals surface area contributed by atoms with E-state index in [1.807, 2.05) is 12.1 Å². The van der Waals surface area contributed by atoms with Crippen molar-refractivity contribution in [3.63, 3.8) is 0 Å². The Balaban J connectivity index is 1.60. The second-order valence-corrected chi connectivity index (χ2v) is 6.64. The van der Waals surface area contributed by atoms with Gasteiger partial charge in [-0.05, 0) is 35.4 Å². The molecule has 0 aliphatic heterocycles. The van der Waals surface area contributed by atoms with E-state index in [0.717, 1.165) is 16.0 Å². The number of benzene rings is 3. The zero-order valence-electron chi connectivity index (χ0n) is 17.0. The van der Waals surface area contributed by atoms with Gasteiger partial charge in [-0.3, -0.25) is 4.90 Å². The van der Waals surface area contributed by atoms with E-state index >= 15 is 0 Å². The van der Waals surface area contributed by atoms with Gasteiger partial charge in [0.1, 0.15) is 25.5 Å². The van der Waals surface area contributed by atoms with Crippen LogP contribution in [0.4, 0.5) is 15.3 Å². The molecule has 0 aliphatic carbocycles. The predicted octanol–water partition coefficient (Wildman–Crippen LogP) is 4.42. The first kappa shape index (κ1) is 22.4. The average molecular weight is 435 g/mol. The fourth-order valence-electron chi connectivity index (χ4n) is 2.69. The predicted molar refractivity (Wildman–Crippen MR) is 115 cm³/mol. The zero-order valence-corrected chi connectivity index (χ0v) is 17.0. The Bertz CT molecular complexity index is 1040. The molecule has 164 valence electrons. The Labute approximate surface area is 184 Å². The average Bonchev–Trinajstić information content (AvgIpc) is 2.82. The summed E-state index contributed by atoms with van der Waals surface area (Å²) < 4.78 is 14.9. The Morgan fingerprint density at radius 1 is 0.719 bits per heavy atom. The van der Waals surface area contributed by atoms with Crippen LogP contribution in [0.1, 0.15) is 11.1 Å². The van der Waals surface area contributed by atoms with Crippen molar-refractivity contribution in [3.05, 3.63) is 96.1 Å². The Morgan fingerprint density at radius 3 is 1.81 bits per heavy atom. The molecule has 0 saturated carbocycles. The van der Waals surface area contributed by atoms with Crippen LogP contribution in [0.2, 0.25) is 0 Å². The lowest BCUT2D eigenvalue weighted by molar-refractivity contribution is -0.138. The molecule has 0 radical (unpaired) electrons. The number of hydrogen-bond donors (Lipinski definition) is 1. The number of carbonyl (C=O) groups is 3. The standard InChI is InChI=1S/C24H21NO7/c26-21-13-11-20(12-14-21)25(23(28)30-16-18-7-3-1-4-8-18)15-22(27)32-24(29)31-17-19-9-5-2-6-10-19/h1-14,26H,15-17H2. The van der Waals surface area contributed by atoms with Crippen molar-refractivity contribution < 1.29 is 33.7 Å². The van der Waals surface area contributed by atoms with Crippen LogP contribution in [-0.2, 0) is 32.2 Å². The lowest BCUT2D eigenvalue weighted by atomic mass is 10.2. The first-order valence-corrected chi connectivity index (χ1v) is 9.70. The van der Waals surface area contributed by atoms with Gasteiger partial charge in [0.2, 0.25) is 0 Å². The topological polar surface area (TPSA) is 102 Å². The number of aromatic hydroxyl groups is 1. The highest BCUT2D eigenvalue weighted by atomic mass is 16.7. The Hall–Kier alpha value is -4.33. The van der Waals surface area contributed by atoms with Crippen LogP contribution >= 0.6 is 0 Å². The third kappa shape index (κ3) is 6.88. The Morgan fingerprint density at radius 2 is 1.25 bits per heavy atom. The lowest BCUT2D eigenvalue weighted by Gasteiger charge is -2.21. The lowest BCUT2D eigenvalue weighted by Crippen LogP contribution is -2.37. The summed E-state index contributed by atoms with van der Waals surface area (Å²) in [4.78, 5) is 37.8. The molecule has 0 saturated heterocycles. The molecule has 0 atom stereocenters. The number of phenolic OH excluding ortho intramolecular Hbond substituents is 1. The van der Waals surface area contributed by atoms with Crippen LogP contribution in [0.25, 0.3) is 0 Å². The molecule has 32 heavy (non-hydrogen) atoms. The van der Waals surface area contributed by atoms with Crippen LogP contribution in [0.3, 0.4) is 0 Å². The van der Waals surface area contributed by atoms with E-state index in [2.05, 4.69) is 4.74 Å². The maximum atomic E-state index is 12.7. The summed E-state index contributed by atoms with van der Waals surface area (Å²) in [6.07, 6.45) is -2.00. The van der Waals surface area contributed by atoms with Crippen LogP contribution in [0, 0.1) is 0 Å². The minimum absolute atomic E-state index is 0.0115. The fraction of sp³-hybridized carbons (Fsp3) is 0.125. The molecule has 3 aromatic carbocycles. The van der Waals surface area contributed by atoms with Crippen molar-refractivity contribution >= 4 is 23.9 Å². The van der Waals surface area contributed by atoms with Crippen LogP contribution in [0.15, 0.2) is 84.9 Å². The molecular formula is C24H21NO7. The molecule has 0 heterocycles. The first-order valence-electron chi connectivity index (χ1n) is 9.70. The van der Waals surface area contributed by atoms with E-state index < -0.39 is 24.8 Å². The number of anilines is 1. The molecule has 8 nitrogen and oxygen atoms in total. The number of esters is 1. The minimum Gasteiger partial charge on any atom is -0.508 e. The molecule has 3 rings (SSSR count). The maximum Gasteiger partial charge on any atom is 0.516 e. The highest BCUT2D eigenvalue weighted by Crippen LogP contribution is 2.20. The monoisotopic (exact) mass is 435 g/mol. The molecule has 1 N–H and O–H groups in total. The van der Waals surface area contributed by atoms with Crippen molar-refractivity contribution in [1.29, 1.82) is 0 Å². The van der Waals surface area contributed by atoms with E-state index in [-0.39, 0.29) is 24.7 Å². The molecule has 1 amide bonds. The number of ether oxygens (including phenoxy) is 3. The van der Waals surface area contributed by atoms with Crippen LogP contribution in [0.5, 0.6) is 5.75 Å². The summed E-state index contributed by atoms with van der Waals surface area (Å²) in [7, 11) is 0. The number of hydrogen-bond acceptors (Lipinski definition) is 7. The molecule has 0 spiro atoms. The molecule has 0 aromatic heterocycles. The molecule has 0 bridgehead atoms. The van der Waals surface area contributed by atoms with Gasteiger partial charge >= 0.3 is 18.2 Å². The van der Waals surface area contributed by atoms with E-state index in [1.165, 1.54) is 24.3 Å². The molecule has 8 heteroatoms. The maximum absolute atomic E-state index is 12.7. The largest absolute Gasteiger partial charge is 0.516 e. The van der Waals surface area contributed by atoms with E-state index in [1.54, 1.807) is 48.5 Å². The van der Waals surface area contributed by atoms with Gasteiger partial charge in [-0.15, -0.1) is 0 Å². The minimum atomic E-state index is -1.18. The smallest absolute Gasteiger partial charge is 0.508 e. The summed E-state index contributed by atoms with van der Waals surface area (Å²) in [6, 6.07) is 23.5. The molecule has 0 aliphatic rings. The summed E-state index contributed by atoms with van der Waals surface area (Å²) >= 11 is 0. The van der Waals surface area contributed by atoms with Gasteiger partial charge in [-0.2, -0.15) is 0 Å². The fourth-order valence-corrected chi connectivity index (χ4v) is 2.69. The molecule has 3 aromatic rings. The van der Waals surface area contributed by atoms with Crippen molar-refractivity contribution in [3.8, 4) is 5.75 Å². The number of carbonyl (C=O) groups excluding carboxylic acids is 3. The highest BCUT2D eigenvalue weighted by Gasteiger charge is 2.24. The van der Waals surface area contributed by atoms with Crippen LogP contribution in [-0.4, -0.2) is 29.9 Å². The van der Waals surface area contributed by atoms with Crippen LogP contribution < -0.4 is 4.90 Å². The van der Waals surface area contributed by atoms with Crippen molar-refractivity contribution in [2.24, 2.45) is 0 Å². The van der Waals surface area contributed by atoms with Gasteiger partial charge in [-0.25, -0.2) is 14.4 Å². The first-order chi connectivity index (χ1) is 15.5. The Kier molecular flexibility index (Phi) is 7.80. The third-order valence-electron chi connectivity index (χ3n) is 4.27. The van der Waals surface area contributed by atoms with E-state index in [4.69, 9.17) is 9.47 Å². The van der Waals surface area contributed by atoms with E-state index in [0.29, 0.717) is 0 Å². The molecule has 0 fully saturated rings. The normalized spacial score (nSPS) is 10.1. The van der Waals surface area contributed by atoms with Gasteiger partial charge < -0.3 is 19.3 Å². The van der Waals surface area contributed by atoms with Crippen molar-refractivity contribution in [2.75, 3.05) is 11.4 Å². The second-order valence-electron chi connectivity index (χ2n) is 6.64. The number of amides is 1. The van der Waals surface area contributed by atoms with Crippen molar-refractivity contribution in [2.45, 2.75) is 13.2 Å². The van der Waals surface area contributed by atoms with Gasteiger partial charge in [0.05, 0.1) is 0 Å². The summed E-state index contributed by atoms with van der Waals surface area (Å²) in [5, 5.41) is 9.50. The highest BCUT2D eigenvalue weighted by molar-refractivity contribution is 5.95. The van der Waals surface area contributed by atoms with Gasteiger partial charge in [0.15, 0.2) is 0 Å². The molecular weight excluding hydrogens is 414 g/mol. The van der Waals surface area contributed by atoms with Crippen molar-refractivity contribution in [1.82, 2.24) is 0 Å². The van der Waals surface area contributed by atoms with Gasteiger partial charge in [-0.1, -0.05) is 60.7 Å². The summed E-state index contributed by atoms with van der Waals surface area (Å²) in [6.45, 7) is -0.672. The quantitative estimate of drug-likeness (QED) is 0.433. The van der Waals surface area contributed by atoms with Gasteiger partial charge in [0, 0.05) is 5.69 Å². The third-order valence-corrected chi connectivity index (χ3v) is 4.27. The summed E-state index contributed by atoms with van der Waals surface area (Å²) in [5.41, 5.74) is 1.76. The number of rotatable bonds is 7.